The maximum atomic E-state index is 9.40. The van der Waals surface area contributed by atoms with Gasteiger partial charge in [-0.25, -0.2) is 0 Å². The first-order chi connectivity index (χ1) is 12.5. The quantitative estimate of drug-likeness (QED) is 0.816. The highest BCUT2D eigenvalue weighted by Crippen LogP contribution is 2.46. The SMILES string of the molecule is CC(C)N1CCC2(CC1)CC(C)N(c1ccc(C#N)c3ncccc13)C2. The molecular formula is C22H28N4. The molecule has 0 aliphatic carbocycles. The maximum Gasteiger partial charge on any atom is 0.101 e. The van der Waals surface area contributed by atoms with Crippen LogP contribution in [-0.4, -0.2) is 41.6 Å². The van der Waals surface area contributed by atoms with E-state index in [1.165, 1.54) is 38.0 Å². The van der Waals surface area contributed by atoms with Crippen molar-refractivity contribution in [3.63, 3.8) is 0 Å². The molecule has 0 amide bonds. The van der Waals surface area contributed by atoms with E-state index in [4.69, 9.17) is 0 Å². The second-order valence-electron chi connectivity index (χ2n) is 8.45. The Balaban J connectivity index is 1.64. The van der Waals surface area contributed by atoms with Gasteiger partial charge in [0.25, 0.3) is 0 Å². The number of benzene rings is 1. The van der Waals surface area contributed by atoms with Gasteiger partial charge >= 0.3 is 0 Å². The summed E-state index contributed by atoms with van der Waals surface area (Å²) in [6, 6.07) is 11.6. The van der Waals surface area contributed by atoms with Gasteiger partial charge in [-0.05, 0) is 82.8 Å². The molecule has 3 heterocycles. The lowest BCUT2D eigenvalue weighted by Crippen LogP contribution is -2.44. The van der Waals surface area contributed by atoms with E-state index < -0.39 is 0 Å². The van der Waals surface area contributed by atoms with E-state index in [0.29, 0.717) is 23.1 Å². The molecule has 1 atom stereocenters. The van der Waals surface area contributed by atoms with Crippen LogP contribution in [0.15, 0.2) is 30.5 Å². The van der Waals surface area contributed by atoms with E-state index in [9.17, 15) is 5.26 Å². The summed E-state index contributed by atoms with van der Waals surface area (Å²) in [5, 5.41) is 10.5. The minimum absolute atomic E-state index is 0.438. The van der Waals surface area contributed by atoms with E-state index in [-0.39, 0.29) is 0 Å². The van der Waals surface area contributed by atoms with Crippen LogP contribution in [0.25, 0.3) is 10.9 Å². The molecule has 1 aromatic heterocycles. The van der Waals surface area contributed by atoms with Crippen molar-refractivity contribution in [1.29, 1.82) is 5.26 Å². The number of piperidine rings is 1. The summed E-state index contributed by atoms with van der Waals surface area (Å²) >= 11 is 0. The van der Waals surface area contributed by atoms with Crippen molar-refractivity contribution in [1.82, 2.24) is 9.88 Å². The molecule has 4 heteroatoms. The van der Waals surface area contributed by atoms with E-state index in [1.54, 1.807) is 6.20 Å². The van der Waals surface area contributed by atoms with Gasteiger partial charge in [0.15, 0.2) is 0 Å². The first kappa shape index (κ1) is 17.3. The van der Waals surface area contributed by atoms with Crippen LogP contribution < -0.4 is 4.90 Å². The number of pyridine rings is 1. The Bertz CT molecular complexity index is 843. The van der Waals surface area contributed by atoms with Crippen molar-refractivity contribution in [3.05, 3.63) is 36.0 Å². The first-order valence-electron chi connectivity index (χ1n) is 9.81. The van der Waals surface area contributed by atoms with Gasteiger partial charge < -0.3 is 9.80 Å². The van der Waals surface area contributed by atoms with Crippen LogP contribution in [0, 0.1) is 16.7 Å². The number of rotatable bonds is 2. The molecule has 0 bridgehead atoms. The van der Waals surface area contributed by atoms with Crippen molar-refractivity contribution in [2.75, 3.05) is 24.5 Å². The topological polar surface area (TPSA) is 43.2 Å². The maximum absolute atomic E-state index is 9.40. The molecule has 4 nitrogen and oxygen atoms in total. The van der Waals surface area contributed by atoms with E-state index in [1.807, 2.05) is 12.1 Å². The predicted octanol–water partition coefficient (Wildman–Crippen LogP) is 4.20. The first-order valence-corrected chi connectivity index (χ1v) is 9.81. The molecule has 0 saturated carbocycles. The fourth-order valence-corrected chi connectivity index (χ4v) is 5.02. The summed E-state index contributed by atoms with van der Waals surface area (Å²) in [5.74, 6) is 0. The number of hydrogen-bond donors (Lipinski definition) is 0. The van der Waals surface area contributed by atoms with Gasteiger partial charge in [-0.15, -0.1) is 0 Å². The molecule has 2 aliphatic rings. The van der Waals surface area contributed by atoms with Crippen LogP contribution in [0.5, 0.6) is 0 Å². The molecule has 2 fully saturated rings. The molecule has 2 saturated heterocycles. The number of likely N-dealkylation sites (tertiary alicyclic amines) is 1. The highest BCUT2D eigenvalue weighted by molar-refractivity contribution is 5.95. The molecule has 2 aromatic rings. The summed E-state index contributed by atoms with van der Waals surface area (Å²) in [5.41, 5.74) is 3.17. The Morgan fingerprint density at radius 1 is 1.23 bits per heavy atom. The van der Waals surface area contributed by atoms with Gasteiger partial charge in [-0.1, -0.05) is 0 Å². The molecule has 0 radical (unpaired) electrons. The molecule has 1 aromatic carbocycles. The Labute approximate surface area is 156 Å². The number of hydrogen-bond acceptors (Lipinski definition) is 4. The fraction of sp³-hybridized carbons (Fsp3) is 0.545. The zero-order valence-electron chi connectivity index (χ0n) is 16.1. The van der Waals surface area contributed by atoms with Crippen LogP contribution in [0.2, 0.25) is 0 Å². The number of nitriles is 1. The van der Waals surface area contributed by atoms with E-state index >= 15 is 0 Å². The van der Waals surface area contributed by atoms with Crippen molar-refractivity contribution < 1.29 is 0 Å². The Morgan fingerprint density at radius 2 is 2.00 bits per heavy atom. The zero-order chi connectivity index (χ0) is 18.3. The summed E-state index contributed by atoms with van der Waals surface area (Å²) in [4.78, 5) is 9.66. The van der Waals surface area contributed by atoms with Crippen LogP contribution >= 0.6 is 0 Å². The van der Waals surface area contributed by atoms with E-state index in [2.05, 4.69) is 53.8 Å². The van der Waals surface area contributed by atoms with Crippen molar-refractivity contribution >= 4 is 16.6 Å². The van der Waals surface area contributed by atoms with Crippen molar-refractivity contribution in [2.45, 2.75) is 52.1 Å². The number of aromatic nitrogens is 1. The molecule has 0 N–H and O–H groups in total. The molecule has 136 valence electrons. The van der Waals surface area contributed by atoms with Crippen LogP contribution in [-0.2, 0) is 0 Å². The van der Waals surface area contributed by atoms with Gasteiger partial charge in [-0.3, -0.25) is 4.98 Å². The summed E-state index contributed by atoms with van der Waals surface area (Å²) in [6.45, 7) is 10.5. The molecule has 1 spiro atoms. The Hall–Kier alpha value is -2.12. The Morgan fingerprint density at radius 3 is 2.69 bits per heavy atom. The van der Waals surface area contributed by atoms with Gasteiger partial charge in [0.1, 0.15) is 6.07 Å². The molecular weight excluding hydrogens is 320 g/mol. The average Bonchev–Trinajstić information content (AvgIpc) is 2.96. The standard InChI is InChI=1S/C22H28N4/c1-16(2)25-11-8-22(9-12-25)13-17(3)26(15-22)20-7-6-18(14-23)21-19(20)5-4-10-24-21/h4-7,10,16-17H,8-9,11-13,15H2,1-3H3. The molecule has 26 heavy (non-hydrogen) atoms. The molecule has 2 aliphatic heterocycles. The molecule has 4 rings (SSSR count). The zero-order valence-corrected chi connectivity index (χ0v) is 16.1. The highest BCUT2D eigenvalue weighted by atomic mass is 15.2. The number of fused-ring (bicyclic) bond motifs is 1. The third-order valence-corrected chi connectivity index (χ3v) is 6.53. The van der Waals surface area contributed by atoms with Crippen LogP contribution in [0.3, 0.4) is 0 Å². The molecule has 1 unspecified atom stereocenters. The van der Waals surface area contributed by atoms with Gasteiger partial charge in [0.05, 0.1) is 11.1 Å². The number of anilines is 1. The lowest BCUT2D eigenvalue weighted by atomic mass is 9.76. The summed E-state index contributed by atoms with van der Waals surface area (Å²) in [7, 11) is 0. The lowest BCUT2D eigenvalue weighted by molar-refractivity contribution is 0.0952. The van der Waals surface area contributed by atoms with Crippen LogP contribution in [0.4, 0.5) is 5.69 Å². The minimum atomic E-state index is 0.438. The summed E-state index contributed by atoms with van der Waals surface area (Å²) < 4.78 is 0. The van der Waals surface area contributed by atoms with Crippen LogP contribution in [0.1, 0.15) is 45.6 Å². The highest BCUT2D eigenvalue weighted by Gasteiger charge is 2.44. The third-order valence-electron chi connectivity index (χ3n) is 6.53. The van der Waals surface area contributed by atoms with Crippen molar-refractivity contribution in [2.24, 2.45) is 5.41 Å². The van der Waals surface area contributed by atoms with Gasteiger partial charge in [-0.2, -0.15) is 5.26 Å². The number of nitrogens with zero attached hydrogens (tertiary/aromatic N) is 4. The largest absolute Gasteiger partial charge is 0.368 e. The predicted molar refractivity (Wildman–Crippen MR) is 106 cm³/mol. The lowest BCUT2D eigenvalue weighted by Gasteiger charge is -2.41. The second kappa shape index (κ2) is 6.55. The fourth-order valence-electron chi connectivity index (χ4n) is 5.02. The summed E-state index contributed by atoms with van der Waals surface area (Å²) in [6.07, 6.45) is 5.63. The monoisotopic (exact) mass is 348 g/mol. The van der Waals surface area contributed by atoms with Gasteiger partial charge in [0.2, 0.25) is 0 Å². The van der Waals surface area contributed by atoms with Crippen molar-refractivity contribution in [3.8, 4) is 6.07 Å². The Kier molecular flexibility index (Phi) is 4.36. The average molecular weight is 348 g/mol. The normalized spacial score (nSPS) is 23.0. The smallest absolute Gasteiger partial charge is 0.101 e. The van der Waals surface area contributed by atoms with Gasteiger partial charge in [0, 0.05) is 35.9 Å². The minimum Gasteiger partial charge on any atom is -0.368 e. The third kappa shape index (κ3) is 2.85. The second-order valence-corrected chi connectivity index (χ2v) is 8.45. The van der Waals surface area contributed by atoms with E-state index in [0.717, 1.165) is 17.4 Å².